The van der Waals surface area contributed by atoms with Crippen LogP contribution in [0.3, 0.4) is 0 Å². The Balaban J connectivity index is 2.11. The lowest BCUT2D eigenvalue weighted by atomic mass is 9.75. The zero-order valence-corrected chi connectivity index (χ0v) is 12.7. The van der Waals surface area contributed by atoms with Gasteiger partial charge in [-0.05, 0) is 38.0 Å². The van der Waals surface area contributed by atoms with E-state index in [4.69, 9.17) is 10.5 Å². The van der Waals surface area contributed by atoms with Crippen molar-refractivity contribution < 1.29 is 14.3 Å². The van der Waals surface area contributed by atoms with E-state index in [1.807, 2.05) is 6.92 Å². The fraction of sp³-hybridized carbons (Fsp3) is 0.875. The van der Waals surface area contributed by atoms with Gasteiger partial charge in [-0.3, -0.25) is 9.59 Å². The SMILES string of the molecule is CC1CCCCC1C(=O)OC1(C(N)=O)CCCCC1C. The highest BCUT2D eigenvalue weighted by Crippen LogP contribution is 2.39. The van der Waals surface area contributed by atoms with Crippen LogP contribution in [0.4, 0.5) is 0 Å². The van der Waals surface area contributed by atoms with E-state index >= 15 is 0 Å². The molecule has 4 heteroatoms. The van der Waals surface area contributed by atoms with Gasteiger partial charge in [0.05, 0.1) is 5.92 Å². The standard InChI is InChI=1S/C16H27NO3/c1-11-7-3-4-9-13(11)14(18)20-16(15(17)19)10-6-5-8-12(16)2/h11-13H,3-10H2,1-2H3,(H2,17,19). The molecule has 2 aliphatic rings. The molecule has 0 aromatic rings. The average molecular weight is 281 g/mol. The first kappa shape index (κ1) is 15.3. The molecule has 4 atom stereocenters. The second kappa shape index (κ2) is 6.15. The van der Waals surface area contributed by atoms with E-state index < -0.39 is 11.5 Å². The topological polar surface area (TPSA) is 69.4 Å². The summed E-state index contributed by atoms with van der Waals surface area (Å²) in [5.74, 6) is -0.364. The van der Waals surface area contributed by atoms with Crippen LogP contribution in [0.25, 0.3) is 0 Å². The van der Waals surface area contributed by atoms with Gasteiger partial charge in [-0.25, -0.2) is 0 Å². The van der Waals surface area contributed by atoms with Gasteiger partial charge < -0.3 is 10.5 Å². The Morgan fingerprint density at radius 3 is 2.30 bits per heavy atom. The molecule has 0 aliphatic heterocycles. The summed E-state index contributed by atoms with van der Waals surface area (Å²) in [7, 11) is 0. The molecule has 2 fully saturated rings. The molecule has 20 heavy (non-hydrogen) atoms. The lowest BCUT2D eigenvalue weighted by Gasteiger charge is -2.40. The third kappa shape index (κ3) is 2.84. The van der Waals surface area contributed by atoms with Crippen LogP contribution in [-0.4, -0.2) is 17.5 Å². The molecule has 0 aromatic heterocycles. The summed E-state index contributed by atoms with van der Waals surface area (Å²) >= 11 is 0. The molecular weight excluding hydrogens is 254 g/mol. The predicted octanol–water partition coefficient (Wildman–Crippen LogP) is 2.79. The number of carbonyl (C=O) groups is 2. The summed E-state index contributed by atoms with van der Waals surface area (Å²) in [5, 5.41) is 0. The number of hydrogen-bond donors (Lipinski definition) is 1. The fourth-order valence-corrected chi connectivity index (χ4v) is 3.81. The first-order chi connectivity index (χ1) is 9.47. The first-order valence-electron chi connectivity index (χ1n) is 8.00. The summed E-state index contributed by atoms with van der Waals surface area (Å²) in [6, 6.07) is 0. The van der Waals surface area contributed by atoms with E-state index in [2.05, 4.69) is 6.92 Å². The van der Waals surface area contributed by atoms with Gasteiger partial charge in [0.2, 0.25) is 0 Å². The number of primary amides is 1. The number of ether oxygens (including phenoxy) is 1. The second-order valence-corrected chi connectivity index (χ2v) is 6.69. The maximum Gasteiger partial charge on any atom is 0.310 e. The van der Waals surface area contributed by atoms with Gasteiger partial charge in [0, 0.05) is 5.92 Å². The van der Waals surface area contributed by atoms with E-state index in [1.165, 1.54) is 6.42 Å². The van der Waals surface area contributed by atoms with Crippen molar-refractivity contribution in [1.82, 2.24) is 0 Å². The molecule has 0 heterocycles. The zero-order chi connectivity index (χ0) is 14.8. The van der Waals surface area contributed by atoms with E-state index in [1.54, 1.807) is 0 Å². The van der Waals surface area contributed by atoms with Gasteiger partial charge in [0.25, 0.3) is 5.91 Å². The van der Waals surface area contributed by atoms with Crippen LogP contribution in [0.2, 0.25) is 0 Å². The van der Waals surface area contributed by atoms with E-state index in [0.717, 1.165) is 38.5 Å². The molecule has 4 nitrogen and oxygen atoms in total. The number of amides is 1. The summed E-state index contributed by atoms with van der Waals surface area (Å²) < 4.78 is 5.75. The maximum atomic E-state index is 12.5. The highest BCUT2D eigenvalue weighted by molar-refractivity contribution is 5.87. The number of nitrogens with two attached hydrogens (primary N) is 1. The lowest BCUT2D eigenvalue weighted by molar-refractivity contribution is -0.183. The molecule has 2 N–H and O–H groups in total. The van der Waals surface area contributed by atoms with Crippen LogP contribution in [-0.2, 0) is 14.3 Å². The van der Waals surface area contributed by atoms with E-state index in [9.17, 15) is 9.59 Å². The Kier molecular flexibility index (Phi) is 4.71. The van der Waals surface area contributed by atoms with Crippen molar-refractivity contribution in [2.24, 2.45) is 23.5 Å². The Morgan fingerprint density at radius 2 is 1.70 bits per heavy atom. The van der Waals surface area contributed by atoms with Crippen molar-refractivity contribution in [1.29, 1.82) is 0 Å². The van der Waals surface area contributed by atoms with Crippen LogP contribution in [0.15, 0.2) is 0 Å². The van der Waals surface area contributed by atoms with Crippen LogP contribution in [0.5, 0.6) is 0 Å². The Labute approximate surface area is 121 Å². The smallest absolute Gasteiger partial charge is 0.310 e. The Morgan fingerprint density at radius 1 is 1.05 bits per heavy atom. The molecular formula is C16H27NO3. The molecule has 0 spiro atoms. The fourth-order valence-electron chi connectivity index (χ4n) is 3.81. The van der Waals surface area contributed by atoms with Gasteiger partial charge in [-0.2, -0.15) is 0 Å². The van der Waals surface area contributed by atoms with Crippen molar-refractivity contribution in [2.75, 3.05) is 0 Å². The molecule has 0 aromatic carbocycles. The normalized spacial score (nSPS) is 38.2. The summed E-state index contributed by atoms with van der Waals surface area (Å²) in [5.41, 5.74) is 4.53. The minimum atomic E-state index is -1.06. The van der Waals surface area contributed by atoms with E-state index in [0.29, 0.717) is 12.3 Å². The Bertz CT molecular complexity index is 382. The number of carbonyl (C=O) groups excluding carboxylic acids is 2. The van der Waals surface area contributed by atoms with Crippen LogP contribution < -0.4 is 5.73 Å². The van der Waals surface area contributed by atoms with Crippen molar-refractivity contribution in [3.63, 3.8) is 0 Å². The van der Waals surface area contributed by atoms with Gasteiger partial charge in [-0.1, -0.05) is 33.1 Å². The molecule has 2 aliphatic carbocycles. The maximum absolute atomic E-state index is 12.5. The van der Waals surface area contributed by atoms with E-state index in [-0.39, 0.29) is 17.8 Å². The van der Waals surface area contributed by atoms with Crippen LogP contribution in [0, 0.1) is 17.8 Å². The van der Waals surface area contributed by atoms with Gasteiger partial charge >= 0.3 is 5.97 Å². The van der Waals surface area contributed by atoms with Gasteiger partial charge in [0.1, 0.15) is 0 Å². The van der Waals surface area contributed by atoms with Crippen molar-refractivity contribution in [3.05, 3.63) is 0 Å². The lowest BCUT2D eigenvalue weighted by Crippen LogP contribution is -2.54. The van der Waals surface area contributed by atoms with Crippen molar-refractivity contribution >= 4 is 11.9 Å². The molecule has 2 saturated carbocycles. The highest BCUT2D eigenvalue weighted by atomic mass is 16.6. The Hall–Kier alpha value is -1.06. The molecule has 0 radical (unpaired) electrons. The minimum Gasteiger partial charge on any atom is -0.448 e. The number of rotatable bonds is 3. The quantitative estimate of drug-likeness (QED) is 0.809. The molecule has 4 unspecified atom stereocenters. The monoisotopic (exact) mass is 281 g/mol. The minimum absolute atomic E-state index is 0.0246. The zero-order valence-electron chi connectivity index (χ0n) is 12.7. The second-order valence-electron chi connectivity index (χ2n) is 6.69. The average Bonchev–Trinajstić information content (AvgIpc) is 2.41. The van der Waals surface area contributed by atoms with Crippen LogP contribution in [0.1, 0.15) is 65.2 Å². The molecule has 0 bridgehead atoms. The molecule has 0 saturated heterocycles. The highest BCUT2D eigenvalue weighted by Gasteiger charge is 2.48. The molecule has 1 amide bonds. The summed E-state index contributed by atoms with van der Waals surface area (Å²) in [6.07, 6.45) is 7.66. The predicted molar refractivity (Wildman–Crippen MR) is 76.8 cm³/mol. The third-order valence-electron chi connectivity index (χ3n) is 5.35. The van der Waals surface area contributed by atoms with Crippen molar-refractivity contribution in [3.8, 4) is 0 Å². The third-order valence-corrected chi connectivity index (χ3v) is 5.35. The summed E-state index contributed by atoms with van der Waals surface area (Å²) in [6.45, 7) is 4.08. The number of hydrogen-bond acceptors (Lipinski definition) is 3. The van der Waals surface area contributed by atoms with Crippen molar-refractivity contribution in [2.45, 2.75) is 70.8 Å². The molecule has 114 valence electrons. The van der Waals surface area contributed by atoms with Gasteiger partial charge in [0.15, 0.2) is 5.60 Å². The first-order valence-corrected chi connectivity index (χ1v) is 8.00. The largest absolute Gasteiger partial charge is 0.448 e. The van der Waals surface area contributed by atoms with Gasteiger partial charge in [-0.15, -0.1) is 0 Å². The number of esters is 1. The summed E-state index contributed by atoms with van der Waals surface area (Å²) in [4.78, 5) is 24.4. The molecule has 2 rings (SSSR count). The van der Waals surface area contributed by atoms with Crippen LogP contribution >= 0.6 is 0 Å².